The van der Waals surface area contributed by atoms with Gasteiger partial charge in [0.15, 0.2) is 11.3 Å². The molecule has 0 amide bonds. The summed E-state index contributed by atoms with van der Waals surface area (Å²) < 4.78 is 8.83. The van der Waals surface area contributed by atoms with Crippen LogP contribution in [-0.4, -0.2) is 31.2 Å². The highest BCUT2D eigenvalue weighted by atomic mass is 35.5. The van der Waals surface area contributed by atoms with Gasteiger partial charge in [-0.2, -0.15) is 0 Å². The van der Waals surface area contributed by atoms with E-state index in [1.54, 1.807) is 30.1 Å². The molecule has 0 aliphatic rings. The molecule has 3 aromatic heterocycles. The molecule has 168 valence electrons. The number of para-hydroxylation sites is 2. The van der Waals surface area contributed by atoms with Crippen LogP contribution in [0.4, 0.5) is 0 Å². The number of aryl methyl sites for hydroxylation is 1. The highest BCUT2D eigenvalue weighted by Crippen LogP contribution is 2.32. The van der Waals surface area contributed by atoms with Crippen molar-refractivity contribution < 1.29 is 4.74 Å². The molecule has 0 saturated carbocycles. The van der Waals surface area contributed by atoms with Gasteiger partial charge in [-0.25, -0.2) is 15.0 Å². The maximum atomic E-state index is 13.6. The molecule has 33 heavy (non-hydrogen) atoms. The summed E-state index contributed by atoms with van der Waals surface area (Å²) in [5.74, 6) is 0.570. The first kappa shape index (κ1) is 21.4. The second kappa shape index (κ2) is 8.83. The first-order chi connectivity index (χ1) is 16.1. The number of hydrogen-bond donors (Lipinski definition) is 0. The molecular weight excluding hydrogens is 438 g/mol. The summed E-state index contributed by atoms with van der Waals surface area (Å²) in [4.78, 5) is 27.9. The van der Waals surface area contributed by atoms with Crippen LogP contribution in [-0.2, 0) is 6.54 Å². The maximum Gasteiger partial charge on any atom is 0.265 e. The molecule has 0 aliphatic heterocycles. The lowest BCUT2D eigenvalue weighted by Gasteiger charge is -2.10. The van der Waals surface area contributed by atoms with Crippen molar-refractivity contribution in [3.63, 3.8) is 0 Å². The summed E-state index contributed by atoms with van der Waals surface area (Å²) in [7, 11) is 1.57. The van der Waals surface area contributed by atoms with Crippen LogP contribution >= 0.6 is 11.6 Å². The molecule has 0 spiro atoms. The molecule has 7 nitrogen and oxygen atoms in total. The SMILES string of the molecule is CCCCCCn1cnc2c(c1=O)c1nc3ccccc3nc1n2-c1ccc(OC)c(Cl)c1. The van der Waals surface area contributed by atoms with Gasteiger partial charge in [0, 0.05) is 6.54 Å². The van der Waals surface area contributed by atoms with E-state index in [2.05, 4.69) is 11.9 Å². The second-order valence-corrected chi connectivity index (χ2v) is 8.45. The van der Waals surface area contributed by atoms with Crippen molar-refractivity contribution in [2.24, 2.45) is 0 Å². The Bertz CT molecular complexity index is 1540. The van der Waals surface area contributed by atoms with E-state index in [0.29, 0.717) is 39.5 Å². The fraction of sp³-hybridized carbons (Fsp3) is 0.280. The highest BCUT2D eigenvalue weighted by molar-refractivity contribution is 6.32. The highest BCUT2D eigenvalue weighted by Gasteiger charge is 2.21. The number of ether oxygens (including phenoxy) is 1. The monoisotopic (exact) mass is 461 g/mol. The molecule has 5 aromatic rings. The average molecular weight is 462 g/mol. The summed E-state index contributed by atoms with van der Waals surface area (Å²) in [5, 5.41) is 0.927. The molecule has 3 heterocycles. The lowest BCUT2D eigenvalue weighted by Crippen LogP contribution is -2.20. The Kier molecular flexibility index (Phi) is 5.72. The maximum absolute atomic E-state index is 13.6. The largest absolute Gasteiger partial charge is 0.495 e. The molecule has 0 fully saturated rings. The molecule has 0 unspecified atom stereocenters. The van der Waals surface area contributed by atoms with Gasteiger partial charge in [-0.1, -0.05) is 49.9 Å². The van der Waals surface area contributed by atoms with Gasteiger partial charge < -0.3 is 4.74 Å². The van der Waals surface area contributed by atoms with Gasteiger partial charge in [0.2, 0.25) is 0 Å². The van der Waals surface area contributed by atoms with Crippen LogP contribution in [0.2, 0.25) is 5.02 Å². The zero-order chi connectivity index (χ0) is 22.9. The normalized spacial score (nSPS) is 11.6. The first-order valence-corrected chi connectivity index (χ1v) is 11.5. The van der Waals surface area contributed by atoms with Gasteiger partial charge in [0.25, 0.3) is 5.56 Å². The quantitative estimate of drug-likeness (QED) is 0.298. The topological polar surface area (TPSA) is 74.8 Å². The zero-order valence-electron chi connectivity index (χ0n) is 18.6. The number of methoxy groups -OCH3 is 1. The molecule has 0 atom stereocenters. The predicted octanol–water partition coefficient (Wildman–Crippen LogP) is 5.53. The fourth-order valence-corrected chi connectivity index (χ4v) is 4.43. The third-order valence-electron chi connectivity index (χ3n) is 5.88. The van der Waals surface area contributed by atoms with E-state index < -0.39 is 0 Å². The standard InChI is InChI=1S/C25H24ClN5O2/c1-3-4-5-8-13-30-15-27-23-21(25(30)32)22-24(29-19-10-7-6-9-18(19)28-22)31(23)16-11-12-20(33-2)17(26)14-16/h6-7,9-12,14-15H,3-5,8,13H2,1-2H3. The molecule has 2 aromatic carbocycles. The third-order valence-corrected chi connectivity index (χ3v) is 6.17. The molecule has 0 radical (unpaired) electrons. The number of fused-ring (bicyclic) bond motifs is 4. The van der Waals surface area contributed by atoms with Gasteiger partial charge >= 0.3 is 0 Å². The average Bonchev–Trinajstić information content (AvgIpc) is 3.15. The minimum absolute atomic E-state index is 0.107. The molecule has 0 aliphatic carbocycles. The summed E-state index contributed by atoms with van der Waals surface area (Å²) in [6.45, 7) is 2.80. The van der Waals surface area contributed by atoms with Crippen LogP contribution in [0.1, 0.15) is 32.6 Å². The Labute approximate surface area is 195 Å². The van der Waals surface area contributed by atoms with Gasteiger partial charge in [0.1, 0.15) is 16.7 Å². The van der Waals surface area contributed by atoms with Crippen LogP contribution in [0.5, 0.6) is 5.75 Å². The minimum atomic E-state index is -0.107. The number of aromatic nitrogens is 5. The number of nitrogens with zero attached hydrogens (tertiary/aromatic N) is 5. The van der Waals surface area contributed by atoms with Crippen molar-refractivity contribution in [2.75, 3.05) is 7.11 Å². The number of unbranched alkanes of at least 4 members (excludes halogenated alkanes) is 3. The molecule has 0 bridgehead atoms. The Morgan fingerprint density at radius 1 is 1.00 bits per heavy atom. The first-order valence-electron chi connectivity index (χ1n) is 11.1. The van der Waals surface area contributed by atoms with Crippen molar-refractivity contribution in [3.8, 4) is 11.4 Å². The van der Waals surface area contributed by atoms with Crippen LogP contribution < -0.4 is 10.3 Å². The predicted molar refractivity (Wildman–Crippen MR) is 132 cm³/mol. The zero-order valence-corrected chi connectivity index (χ0v) is 19.3. The number of hydrogen-bond acceptors (Lipinski definition) is 5. The molecular formula is C25H24ClN5O2. The van der Waals surface area contributed by atoms with Crippen molar-refractivity contribution in [1.82, 2.24) is 24.1 Å². The van der Waals surface area contributed by atoms with Crippen molar-refractivity contribution in [2.45, 2.75) is 39.2 Å². The van der Waals surface area contributed by atoms with E-state index >= 15 is 0 Å². The van der Waals surface area contributed by atoms with E-state index in [9.17, 15) is 4.79 Å². The van der Waals surface area contributed by atoms with Crippen LogP contribution in [0, 0.1) is 0 Å². The van der Waals surface area contributed by atoms with E-state index in [1.165, 1.54) is 0 Å². The van der Waals surface area contributed by atoms with Crippen molar-refractivity contribution >= 4 is 44.8 Å². The Morgan fingerprint density at radius 2 is 1.79 bits per heavy atom. The van der Waals surface area contributed by atoms with Crippen LogP contribution in [0.25, 0.3) is 38.9 Å². The Hall–Kier alpha value is -3.45. The van der Waals surface area contributed by atoms with E-state index in [4.69, 9.17) is 26.3 Å². The van der Waals surface area contributed by atoms with Crippen LogP contribution in [0.3, 0.4) is 0 Å². The van der Waals surface area contributed by atoms with Gasteiger partial charge in [-0.3, -0.25) is 13.9 Å². The van der Waals surface area contributed by atoms with Gasteiger partial charge in [-0.15, -0.1) is 0 Å². The van der Waals surface area contributed by atoms with Gasteiger partial charge in [-0.05, 0) is 36.8 Å². The fourth-order valence-electron chi connectivity index (χ4n) is 4.18. The number of benzene rings is 2. The second-order valence-electron chi connectivity index (χ2n) is 8.04. The van der Waals surface area contributed by atoms with Gasteiger partial charge in [0.05, 0.1) is 35.2 Å². The molecule has 0 saturated heterocycles. The minimum Gasteiger partial charge on any atom is -0.495 e. The Morgan fingerprint density at radius 3 is 2.52 bits per heavy atom. The summed E-state index contributed by atoms with van der Waals surface area (Å²) in [6, 6.07) is 13.1. The smallest absolute Gasteiger partial charge is 0.265 e. The summed E-state index contributed by atoms with van der Waals surface area (Å²) >= 11 is 6.42. The van der Waals surface area contributed by atoms with Crippen molar-refractivity contribution in [1.29, 1.82) is 0 Å². The molecule has 8 heteroatoms. The third kappa shape index (κ3) is 3.72. The molecule has 0 N–H and O–H groups in total. The van der Waals surface area contributed by atoms with Crippen molar-refractivity contribution in [3.05, 3.63) is 64.2 Å². The van der Waals surface area contributed by atoms with E-state index in [0.717, 1.165) is 42.4 Å². The van der Waals surface area contributed by atoms with E-state index in [-0.39, 0.29) is 5.56 Å². The van der Waals surface area contributed by atoms with Crippen LogP contribution in [0.15, 0.2) is 53.6 Å². The number of rotatable bonds is 7. The summed E-state index contributed by atoms with van der Waals surface area (Å²) in [6.07, 6.45) is 5.93. The summed E-state index contributed by atoms with van der Waals surface area (Å²) in [5.41, 5.74) is 3.72. The lowest BCUT2D eigenvalue weighted by atomic mass is 10.2. The van der Waals surface area contributed by atoms with E-state index in [1.807, 2.05) is 34.9 Å². The lowest BCUT2D eigenvalue weighted by molar-refractivity contribution is 0.415. The number of halogens is 1. The Balaban J connectivity index is 1.79. The molecule has 5 rings (SSSR count).